The van der Waals surface area contributed by atoms with Crippen molar-refractivity contribution in [2.45, 2.75) is 26.2 Å². The average Bonchev–Trinajstić information content (AvgIpc) is 2.28. The van der Waals surface area contributed by atoms with Gasteiger partial charge in [0.05, 0.1) is 16.9 Å². The van der Waals surface area contributed by atoms with E-state index in [9.17, 15) is 4.79 Å². The van der Waals surface area contributed by atoms with Crippen molar-refractivity contribution in [1.29, 1.82) is 0 Å². The van der Waals surface area contributed by atoms with Gasteiger partial charge >= 0.3 is 0 Å². The number of hydrogen-bond acceptors (Lipinski definition) is 3. The SMILES string of the molecule is CCN(CC1CCC1)c1c(N)cccc1C(N)=O. The number of primary amides is 1. The predicted octanol–water partition coefficient (Wildman–Crippen LogP) is 1.99. The number of hydrogen-bond donors (Lipinski definition) is 2. The quantitative estimate of drug-likeness (QED) is 0.782. The smallest absolute Gasteiger partial charge is 0.250 e. The minimum absolute atomic E-state index is 0.413. The van der Waals surface area contributed by atoms with Crippen molar-refractivity contribution in [2.75, 3.05) is 23.7 Å². The molecular formula is C14H21N3O. The Bertz CT molecular complexity index is 441. The Labute approximate surface area is 108 Å². The van der Waals surface area contributed by atoms with Gasteiger partial charge in [-0.25, -0.2) is 0 Å². The van der Waals surface area contributed by atoms with E-state index >= 15 is 0 Å². The normalized spacial score (nSPS) is 15.2. The van der Waals surface area contributed by atoms with E-state index in [-0.39, 0.29) is 0 Å². The number of anilines is 2. The zero-order valence-corrected chi connectivity index (χ0v) is 10.9. The third-order valence-electron chi connectivity index (χ3n) is 3.73. The lowest BCUT2D eigenvalue weighted by atomic mass is 9.85. The van der Waals surface area contributed by atoms with E-state index < -0.39 is 5.91 Å². The summed E-state index contributed by atoms with van der Waals surface area (Å²) < 4.78 is 0. The first-order chi connectivity index (χ1) is 8.63. The third kappa shape index (κ3) is 2.42. The molecule has 0 bridgehead atoms. The Morgan fingerprint density at radius 2 is 2.17 bits per heavy atom. The molecule has 0 aromatic heterocycles. The molecule has 1 aromatic rings. The maximum Gasteiger partial charge on any atom is 0.250 e. The fraction of sp³-hybridized carbons (Fsp3) is 0.500. The third-order valence-corrected chi connectivity index (χ3v) is 3.73. The lowest BCUT2D eigenvalue weighted by molar-refractivity contribution is 0.100. The highest BCUT2D eigenvalue weighted by Gasteiger charge is 2.23. The van der Waals surface area contributed by atoms with E-state index in [2.05, 4.69) is 11.8 Å². The summed E-state index contributed by atoms with van der Waals surface area (Å²) in [4.78, 5) is 13.7. The zero-order chi connectivity index (χ0) is 13.1. The summed E-state index contributed by atoms with van der Waals surface area (Å²) >= 11 is 0. The number of carbonyl (C=O) groups is 1. The second kappa shape index (κ2) is 5.29. The highest BCUT2D eigenvalue weighted by Crippen LogP contribution is 2.32. The Balaban J connectivity index is 2.30. The van der Waals surface area contributed by atoms with Crippen LogP contribution in [0, 0.1) is 5.92 Å². The number of nitrogens with zero attached hydrogens (tertiary/aromatic N) is 1. The molecule has 18 heavy (non-hydrogen) atoms. The molecule has 0 saturated heterocycles. The second-order valence-electron chi connectivity index (χ2n) is 4.94. The van der Waals surface area contributed by atoms with Crippen LogP contribution in [0.2, 0.25) is 0 Å². The van der Waals surface area contributed by atoms with E-state index in [1.54, 1.807) is 12.1 Å². The Morgan fingerprint density at radius 3 is 2.67 bits per heavy atom. The lowest BCUT2D eigenvalue weighted by Crippen LogP contribution is -2.34. The summed E-state index contributed by atoms with van der Waals surface area (Å²) in [6.07, 6.45) is 3.86. The maximum atomic E-state index is 11.5. The first-order valence-electron chi connectivity index (χ1n) is 6.56. The number of carbonyl (C=O) groups excluding carboxylic acids is 1. The molecular weight excluding hydrogens is 226 g/mol. The first-order valence-corrected chi connectivity index (χ1v) is 6.56. The van der Waals surface area contributed by atoms with Gasteiger partial charge in [-0.3, -0.25) is 4.79 Å². The fourth-order valence-electron chi connectivity index (χ4n) is 2.48. The number of rotatable bonds is 5. The lowest BCUT2D eigenvalue weighted by Gasteiger charge is -2.34. The van der Waals surface area contributed by atoms with E-state index in [0.29, 0.717) is 11.3 Å². The molecule has 1 saturated carbocycles. The van der Waals surface area contributed by atoms with Gasteiger partial charge in [0.15, 0.2) is 0 Å². The molecule has 0 spiro atoms. The van der Waals surface area contributed by atoms with Crippen LogP contribution in [0.4, 0.5) is 11.4 Å². The topological polar surface area (TPSA) is 72.3 Å². The van der Waals surface area contributed by atoms with Crippen LogP contribution in [0.25, 0.3) is 0 Å². The van der Waals surface area contributed by atoms with Gasteiger partial charge in [0.2, 0.25) is 0 Å². The van der Waals surface area contributed by atoms with Crippen molar-refractivity contribution in [3.63, 3.8) is 0 Å². The summed E-state index contributed by atoms with van der Waals surface area (Å²) in [5.74, 6) is 0.314. The molecule has 0 radical (unpaired) electrons. The van der Waals surface area contributed by atoms with Gasteiger partial charge in [0.1, 0.15) is 0 Å². The summed E-state index contributed by atoms with van der Waals surface area (Å²) in [6, 6.07) is 5.35. The molecule has 1 aliphatic carbocycles. The van der Waals surface area contributed by atoms with Crippen molar-refractivity contribution in [3.05, 3.63) is 23.8 Å². The van der Waals surface area contributed by atoms with Gasteiger partial charge in [-0.05, 0) is 37.8 Å². The number of para-hydroxylation sites is 1. The minimum Gasteiger partial charge on any atom is -0.397 e. The van der Waals surface area contributed by atoms with Crippen molar-refractivity contribution in [2.24, 2.45) is 11.7 Å². The predicted molar refractivity (Wildman–Crippen MR) is 74.6 cm³/mol. The van der Waals surface area contributed by atoms with Crippen LogP contribution >= 0.6 is 0 Å². The molecule has 4 nitrogen and oxygen atoms in total. The summed E-state index contributed by atoms with van der Waals surface area (Å²) in [7, 11) is 0. The van der Waals surface area contributed by atoms with Crippen LogP contribution in [-0.4, -0.2) is 19.0 Å². The number of nitrogens with two attached hydrogens (primary N) is 2. The van der Waals surface area contributed by atoms with Crippen LogP contribution in [0.3, 0.4) is 0 Å². The molecule has 1 aliphatic rings. The van der Waals surface area contributed by atoms with Crippen LogP contribution in [0.5, 0.6) is 0 Å². The summed E-state index contributed by atoms with van der Waals surface area (Å²) in [6.45, 7) is 3.88. The zero-order valence-electron chi connectivity index (χ0n) is 10.9. The monoisotopic (exact) mass is 247 g/mol. The van der Waals surface area contributed by atoms with Crippen LogP contribution in [-0.2, 0) is 0 Å². The number of nitrogen functional groups attached to an aromatic ring is 1. The molecule has 1 fully saturated rings. The molecule has 98 valence electrons. The van der Waals surface area contributed by atoms with E-state index in [1.807, 2.05) is 6.07 Å². The number of benzene rings is 1. The van der Waals surface area contributed by atoms with E-state index in [0.717, 1.165) is 24.7 Å². The molecule has 4 heteroatoms. The van der Waals surface area contributed by atoms with Gasteiger partial charge in [-0.15, -0.1) is 0 Å². The van der Waals surface area contributed by atoms with Crippen LogP contribution < -0.4 is 16.4 Å². The molecule has 0 unspecified atom stereocenters. The molecule has 0 heterocycles. The molecule has 0 atom stereocenters. The maximum absolute atomic E-state index is 11.5. The minimum atomic E-state index is -0.413. The van der Waals surface area contributed by atoms with Crippen LogP contribution in [0.15, 0.2) is 18.2 Å². The largest absolute Gasteiger partial charge is 0.397 e. The molecule has 2 rings (SSSR count). The molecule has 4 N–H and O–H groups in total. The van der Waals surface area contributed by atoms with E-state index in [4.69, 9.17) is 11.5 Å². The van der Waals surface area contributed by atoms with Crippen molar-refractivity contribution >= 4 is 17.3 Å². The van der Waals surface area contributed by atoms with Crippen molar-refractivity contribution < 1.29 is 4.79 Å². The molecule has 1 amide bonds. The molecule has 1 aromatic carbocycles. The highest BCUT2D eigenvalue weighted by atomic mass is 16.1. The fourth-order valence-corrected chi connectivity index (χ4v) is 2.48. The highest BCUT2D eigenvalue weighted by molar-refractivity contribution is 6.01. The van der Waals surface area contributed by atoms with Gasteiger partial charge in [-0.1, -0.05) is 12.5 Å². The van der Waals surface area contributed by atoms with Gasteiger partial charge in [-0.2, -0.15) is 0 Å². The summed E-state index contributed by atoms with van der Waals surface area (Å²) in [5, 5.41) is 0. The number of amides is 1. The molecule has 0 aliphatic heterocycles. The standard InChI is InChI=1S/C14H21N3O/c1-2-17(9-10-5-3-6-10)13-11(14(16)18)7-4-8-12(13)15/h4,7-8,10H,2-3,5-6,9,15H2,1H3,(H2,16,18). The summed E-state index contributed by atoms with van der Waals surface area (Å²) in [5.41, 5.74) is 13.4. The Kier molecular flexibility index (Phi) is 3.75. The first kappa shape index (κ1) is 12.7. The van der Waals surface area contributed by atoms with Gasteiger partial charge < -0.3 is 16.4 Å². The van der Waals surface area contributed by atoms with Gasteiger partial charge in [0, 0.05) is 13.1 Å². The Morgan fingerprint density at radius 1 is 1.44 bits per heavy atom. The van der Waals surface area contributed by atoms with E-state index in [1.165, 1.54) is 19.3 Å². The average molecular weight is 247 g/mol. The van der Waals surface area contributed by atoms with Crippen LogP contribution in [0.1, 0.15) is 36.5 Å². The second-order valence-corrected chi connectivity index (χ2v) is 4.94. The Hall–Kier alpha value is -1.71. The van der Waals surface area contributed by atoms with Gasteiger partial charge in [0.25, 0.3) is 5.91 Å². The van der Waals surface area contributed by atoms with Crippen molar-refractivity contribution in [1.82, 2.24) is 0 Å². The van der Waals surface area contributed by atoms with Crippen molar-refractivity contribution in [3.8, 4) is 0 Å².